The van der Waals surface area contributed by atoms with Crippen molar-refractivity contribution in [3.63, 3.8) is 0 Å². The third-order valence-corrected chi connectivity index (χ3v) is 3.97. The highest BCUT2D eigenvalue weighted by molar-refractivity contribution is 7.89. The maximum Gasteiger partial charge on any atom is 0.243 e. The molecule has 2 rings (SSSR count). The van der Waals surface area contributed by atoms with Crippen molar-refractivity contribution >= 4 is 10.0 Å². The fraction of sp³-hybridized carbons (Fsp3) is 0.250. The molecular formula is C12H16N4O2S. The molecular weight excluding hydrogens is 264 g/mol. The van der Waals surface area contributed by atoms with Gasteiger partial charge in [-0.1, -0.05) is 18.2 Å². The van der Waals surface area contributed by atoms with Crippen molar-refractivity contribution in [3.05, 3.63) is 42.7 Å². The van der Waals surface area contributed by atoms with Crippen LogP contribution in [0.4, 0.5) is 0 Å². The fourth-order valence-corrected chi connectivity index (χ4v) is 2.52. The molecule has 0 spiro atoms. The monoisotopic (exact) mass is 280 g/mol. The summed E-state index contributed by atoms with van der Waals surface area (Å²) < 4.78 is 28.0. The summed E-state index contributed by atoms with van der Waals surface area (Å²) in [6.07, 6.45) is 2.84. The molecule has 0 radical (unpaired) electrons. The van der Waals surface area contributed by atoms with Gasteiger partial charge in [-0.25, -0.2) is 17.8 Å². The van der Waals surface area contributed by atoms with Crippen LogP contribution >= 0.6 is 0 Å². The number of nitrogens with zero attached hydrogens (tertiary/aromatic N) is 2. The first-order chi connectivity index (χ1) is 9.13. The van der Waals surface area contributed by atoms with Gasteiger partial charge < -0.3 is 5.32 Å². The van der Waals surface area contributed by atoms with Gasteiger partial charge in [0.15, 0.2) is 0 Å². The lowest BCUT2D eigenvalue weighted by molar-refractivity contribution is 0.579. The SMILES string of the molecule is CNCCNS(=O)(=O)c1cnn(-c2ccccc2)c1. The lowest BCUT2D eigenvalue weighted by Crippen LogP contribution is -2.30. The number of rotatable bonds is 6. The fourth-order valence-electron chi connectivity index (χ4n) is 1.56. The molecule has 0 aliphatic carbocycles. The molecule has 0 bridgehead atoms. The van der Waals surface area contributed by atoms with Crippen molar-refractivity contribution in [3.8, 4) is 5.69 Å². The number of hydrogen-bond acceptors (Lipinski definition) is 4. The Labute approximate surface area is 112 Å². The number of nitrogens with one attached hydrogen (secondary N) is 2. The van der Waals surface area contributed by atoms with Gasteiger partial charge in [0, 0.05) is 13.1 Å². The predicted molar refractivity (Wildman–Crippen MR) is 72.7 cm³/mol. The zero-order valence-corrected chi connectivity index (χ0v) is 11.4. The predicted octanol–water partition coefficient (Wildman–Crippen LogP) is 0.370. The van der Waals surface area contributed by atoms with Crippen LogP contribution in [0.2, 0.25) is 0 Å². The average Bonchev–Trinajstić information content (AvgIpc) is 2.90. The molecule has 2 aromatic rings. The maximum absolute atomic E-state index is 12.0. The van der Waals surface area contributed by atoms with Crippen molar-refractivity contribution in [2.24, 2.45) is 0 Å². The van der Waals surface area contributed by atoms with Gasteiger partial charge in [-0.05, 0) is 19.2 Å². The smallest absolute Gasteiger partial charge is 0.243 e. The molecule has 1 aromatic heterocycles. The van der Waals surface area contributed by atoms with Gasteiger partial charge in [-0.15, -0.1) is 0 Å². The quantitative estimate of drug-likeness (QED) is 0.750. The van der Waals surface area contributed by atoms with Crippen LogP contribution in [0.25, 0.3) is 5.69 Å². The number of sulfonamides is 1. The zero-order valence-electron chi connectivity index (χ0n) is 10.6. The number of likely N-dealkylation sites (N-methyl/N-ethyl adjacent to an activating group) is 1. The summed E-state index contributed by atoms with van der Waals surface area (Å²) in [7, 11) is -1.73. The summed E-state index contributed by atoms with van der Waals surface area (Å²) >= 11 is 0. The number of hydrogen-bond donors (Lipinski definition) is 2. The highest BCUT2D eigenvalue weighted by Crippen LogP contribution is 2.11. The normalized spacial score (nSPS) is 11.6. The van der Waals surface area contributed by atoms with Crippen LogP contribution in [0.5, 0.6) is 0 Å². The standard InChI is InChI=1S/C12H16N4O2S/c1-13-7-8-15-19(17,18)12-9-14-16(10-12)11-5-3-2-4-6-11/h2-6,9-10,13,15H,7-8H2,1H3. The molecule has 2 N–H and O–H groups in total. The lowest BCUT2D eigenvalue weighted by Gasteiger charge is -2.03. The minimum atomic E-state index is -3.49. The summed E-state index contributed by atoms with van der Waals surface area (Å²) in [6, 6.07) is 9.35. The van der Waals surface area contributed by atoms with E-state index in [9.17, 15) is 8.42 Å². The third kappa shape index (κ3) is 3.40. The van der Waals surface area contributed by atoms with Gasteiger partial charge in [-0.3, -0.25) is 0 Å². The molecule has 0 amide bonds. The number of aromatic nitrogens is 2. The lowest BCUT2D eigenvalue weighted by atomic mass is 10.3. The van der Waals surface area contributed by atoms with E-state index in [4.69, 9.17) is 0 Å². The Morgan fingerprint density at radius 1 is 1.21 bits per heavy atom. The van der Waals surface area contributed by atoms with Gasteiger partial charge in [0.25, 0.3) is 0 Å². The van der Waals surface area contributed by atoms with E-state index in [1.807, 2.05) is 30.3 Å². The van der Waals surface area contributed by atoms with Crippen molar-refractivity contribution in [1.29, 1.82) is 0 Å². The Morgan fingerprint density at radius 2 is 1.95 bits per heavy atom. The largest absolute Gasteiger partial charge is 0.318 e. The molecule has 1 aromatic carbocycles. The Hall–Kier alpha value is -1.70. The summed E-state index contributed by atoms with van der Waals surface area (Å²) in [5.74, 6) is 0. The Morgan fingerprint density at radius 3 is 2.63 bits per heavy atom. The molecule has 0 saturated carbocycles. The van der Waals surface area contributed by atoms with E-state index < -0.39 is 10.0 Å². The summed E-state index contributed by atoms with van der Waals surface area (Å²) in [4.78, 5) is 0.160. The molecule has 6 nitrogen and oxygen atoms in total. The second-order valence-electron chi connectivity index (χ2n) is 3.96. The van der Waals surface area contributed by atoms with Gasteiger partial charge in [0.2, 0.25) is 10.0 Å². The van der Waals surface area contributed by atoms with E-state index in [0.717, 1.165) is 5.69 Å². The molecule has 102 valence electrons. The van der Waals surface area contributed by atoms with Crippen molar-refractivity contribution in [2.75, 3.05) is 20.1 Å². The van der Waals surface area contributed by atoms with Gasteiger partial charge in [0.05, 0.1) is 18.1 Å². The number of para-hydroxylation sites is 1. The minimum absolute atomic E-state index is 0.160. The van der Waals surface area contributed by atoms with Gasteiger partial charge in [-0.2, -0.15) is 5.10 Å². The Kier molecular flexibility index (Phi) is 4.31. The first-order valence-electron chi connectivity index (χ1n) is 5.88. The van der Waals surface area contributed by atoms with Crippen LogP contribution in [0.1, 0.15) is 0 Å². The second-order valence-corrected chi connectivity index (χ2v) is 5.72. The zero-order chi connectivity index (χ0) is 13.7. The molecule has 7 heteroatoms. The molecule has 0 unspecified atom stereocenters. The average molecular weight is 280 g/mol. The van der Waals surface area contributed by atoms with E-state index in [2.05, 4.69) is 15.1 Å². The first kappa shape index (κ1) is 13.7. The van der Waals surface area contributed by atoms with E-state index in [-0.39, 0.29) is 4.90 Å². The molecule has 0 fully saturated rings. The molecule has 0 aliphatic heterocycles. The molecule has 0 saturated heterocycles. The van der Waals surface area contributed by atoms with Gasteiger partial charge >= 0.3 is 0 Å². The summed E-state index contributed by atoms with van der Waals surface area (Å²) in [5, 5.41) is 6.94. The van der Waals surface area contributed by atoms with Crippen LogP contribution in [0.15, 0.2) is 47.6 Å². The van der Waals surface area contributed by atoms with Crippen LogP contribution in [0.3, 0.4) is 0 Å². The van der Waals surface area contributed by atoms with Crippen molar-refractivity contribution < 1.29 is 8.42 Å². The summed E-state index contributed by atoms with van der Waals surface area (Å²) in [6.45, 7) is 0.918. The topological polar surface area (TPSA) is 76.0 Å². The molecule has 1 heterocycles. The van der Waals surface area contributed by atoms with E-state index in [0.29, 0.717) is 13.1 Å². The highest BCUT2D eigenvalue weighted by Gasteiger charge is 2.15. The molecule has 0 atom stereocenters. The van der Waals surface area contributed by atoms with E-state index in [1.165, 1.54) is 17.1 Å². The van der Waals surface area contributed by atoms with Gasteiger partial charge in [0.1, 0.15) is 4.90 Å². The first-order valence-corrected chi connectivity index (χ1v) is 7.36. The molecule has 19 heavy (non-hydrogen) atoms. The van der Waals surface area contributed by atoms with Crippen molar-refractivity contribution in [1.82, 2.24) is 19.8 Å². The number of benzene rings is 1. The minimum Gasteiger partial charge on any atom is -0.318 e. The van der Waals surface area contributed by atoms with E-state index >= 15 is 0 Å². The van der Waals surface area contributed by atoms with Crippen LogP contribution in [-0.4, -0.2) is 38.3 Å². The second kappa shape index (κ2) is 5.96. The third-order valence-electron chi connectivity index (χ3n) is 2.56. The van der Waals surface area contributed by atoms with Crippen LogP contribution in [0, 0.1) is 0 Å². The maximum atomic E-state index is 12.0. The highest BCUT2D eigenvalue weighted by atomic mass is 32.2. The van der Waals surface area contributed by atoms with E-state index in [1.54, 1.807) is 7.05 Å². The summed E-state index contributed by atoms with van der Waals surface area (Å²) in [5.41, 5.74) is 0.819. The molecule has 0 aliphatic rings. The Balaban J connectivity index is 2.17. The van der Waals surface area contributed by atoms with Crippen LogP contribution in [-0.2, 0) is 10.0 Å². The van der Waals surface area contributed by atoms with Crippen molar-refractivity contribution in [2.45, 2.75) is 4.90 Å². The van der Waals surface area contributed by atoms with Crippen LogP contribution < -0.4 is 10.0 Å². The Bertz CT molecular complexity index is 622.